The number of carbonyl (C=O) groups is 1. The van der Waals surface area contributed by atoms with Crippen LogP contribution >= 0.6 is 0 Å². The van der Waals surface area contributed by atoms with E-state index in [0.717, 1.165) is 19.3 Å². The van der Waals surface area contributed by atoms with Crippen molar-refractivity contribution in [1.29, 1.82) is 0 Å². The summed E-state index contributed by atoms with van der Waals surface area (Å²) in [4.78, 5) is 29.3. The summed E-state index contributed by atoms with van der Waals surface area (Å²) in [7, 11) is 0. The molecule has 2 unspecified atom stereocenters. The van der Waals surface area contributed by atoms with E-state index in [0.29, 0.717) is 41.0 Å². The van der Waals surface area contributed by atoms with Crippen LogP contribution in [0.5, 0.6) is 0 Å². The quantitative estimate of drug-likeness (QED) is 0.763. The Balaban J connectivity index is 1.45. The fourth-order valence-electron chi connectivity index (χ4n) is 3.76. The fourth-order valence-corrected chi connectivity index (χ4v) is 3.76. The molecule has 1 aromatic heterocycles. The van der Waals surface area contributed by atoms with Gasteiger partial charge in [-0.25, -0.2) is 4.98 Å². The van der Waals surface area contributed by atoms with E-state index in [-0.39, 0.29) is 17.5 Å². The van der Waals surface area contributed by atoms with E-state index in [1.54, 1.807) is 29.1 Å². The second kappa shape index (κ2) is 6.81. The minimum atomic E-state index is -0.0284. The number of aromatic nitrogens is 2. The van der Waals surface area contributed by atoms with Crippen LogP contribution in [0.25, 0.3) is 10.9 Å². The molecule has 1 aliphatic carbocycles. The van der Waals surface area contributed by atoms with Gasteiger partial charge in [0.05, 0.1) is 17.2 Å². The highest BCUT2D eigenvalue weighted by molar-refractivity contribution is 5.93. The van der Waals surface area contributed by atoms with E-state index in [1.807, 2.05) is 0 Å². The zero-order valence-electron chi connectivity index (χ0n) is 15.2. The van der Waals surface area contributed by atoms with Gasteiger partial charge in [0.2, 0.25) is 5.91 Å². The average molecular weight is 355 g/mol. The first kappa shape index (κ1) is 17.2. The molecule has 1 aromatic carbocycles. The standard InChI is InChI=1S/C19H25N5O2/c1-11-15(12(2)23-22-11)6-8-18(25)21-13-3-7-17-16(9-13)19(26)24(10-20-17)14-4-5-14/h3,7,9-12,14-15,22-23H,4-6,8H2,1-2H3,(H,21,25). The van der Waals surface area contributed by atoms with Crippen LogP contribution < -0.4 is 21.7 Å². The number of carbonyl (C=O) groups excluding carboxylic acids is 1. The molecule has 2 fully saturated rings. The molecule has 26 heavy (non-hydrogen) atoms. The van der Waals surface area contributed by atoms with Crippen molar-refractivity contribution in [1.82, 2.24) is 20.4 Å². The van der Waals surface area contributed by atoms with E-state index in [2.05, 4.69) is 35.0 Å². The molecule has 2 aliphatic rings. The minimum absolute atomic E-state index is 0.0259. The Bertz CT molecular complexity index is 879. The third kappa shape index (κ3) is 3.37. The van der Waals surface area contributed by atoms with Gasteiger partial charge >= 0.3 is 0 Å². The maximum atomic E-state index is 12.6. The van der Waals surface area contributed by atoms with Gasteiger partial charge in [0, 0.05) is 30.2 Å². The zero-order valence-corrected chi connectivity index (χ0v) is 15.2. The molecule has 1 amide bonds. The Morgan fingerprint density at radius 2 is 2.00 bits per heavy atom. The van der Waals surface area contributed by atoms with Crippen LogP contribution in [-0.4, -0.2) is 27.5 Å². The van der Waals surface area contributed by atoms with Gasteiger partial charge in [-0.1, -0.05) is 0 Å². The number of hydrogen-bond acceptors (Lipinski definition) is 5. The number of rotatable bonds is 5. The SMILES string of the molecule is CC1NNC(C)C1CCC(=O)Nc1ccc2ncn(C3CC3)c(=O)c2c1. The van der Waals surface area contributed by atoms with Gasteiger partial charge in [-0.05, 0) is 57.2 Å². The minimum Gasteiger partial charge on any atom is -0.326 e. The molecule has 7 nitrogen and oxygen atoms in total. The van der Waals surface area contributed by atoms with Crippen molar-refractivity contribution < 1.29 is 4.79 Å². The van der Waals surface area contributed by atoms with Crippen molar-refractivity contribution in [3.63, 3.8) is 0 Å². The van der Waals surface area contributed by atoms with Crippen LogP contribution in [0.1, 0.15) is 45.6 Å². The Morgan fingerprint density at radius 1 is 1.27 bits per heavy atom. The number of hydrogen-bond donors (Lipinski definition) is 3. The number of anilines is 1. The first-order chi connectivity index (χ1) is 12.5. The second-order valence-corrected chi connectivity index (χ2v) is 7.54. The molecule has 4 rings (SSSR count). The lowest BCUT2D eigenvalue weighted by Crippen LogP contribution is -2.30. The summed E-state index contributed by atoms with van der Waals surface area (Å²) < 4.78 is 1.71. The topological polar surface area (TPSA) is 88.0 Å². The van der Waals surface area contributed by atoms with Gasteiger partial charge in [0.15, 0.2) is 0 Å². The Labute approximate surface area is 152 Å². The van der Waals surface area contributed by atoms with E-state index in [1.165, 1.54) is 0 Å². The molecule has 0 spiro atoms. The molecule has 0 bridgehead atoms. The normalized spacial score (nSPS) is 25.5. The van der Waals surface area contributed by atoms with Crippen LogP contribution in [0.4, 0.5) is 5.69 Å². The average Bonchev–Trinajstić information content (AvgIpc) is 3.40. The van der Waals surface area contributed by atoms with E-state index in [4.69, 9.17) is 0 Å². The van der Waals surface area contributed by atoms with Crippen molar-refractivity contribution >= 4 is 22.5 Å². The van der Waals surface area contributed by atoms with Crippen LogP contribution in [0, 0.1) is 5.92 Å². The Morgan fingerprint density at radius 3 is 2.69 bits per heavy atom. The van der Waals surface area contributed by atoms with Crippen molar-refractivity contribution in [2.75, 3.05) is 5.32 Å². The Kier molecular flexibility index (Phi) is 4.50. The molecular formula is C19H25N5O2. The van der Waals surface area contributed by atoms with Gasteiger partial charge < -0.3 is 5.32 Å². The lowest BCUT2D eigenvalue weighted by atomic mass is 9.91. The van der Waals surface area contributed by atoms with E-state index < -0.39 is 0 Å². The third-order valence-electron chi connectivity index (χ3n) is 5.53. The predicted molar refractivity (Wildman–Crippen MR) is 101 cm³/mol. The molecule has 0 radical (unpaired) electrons. The number of amides is 1. The summed E-state index contributed by atoms with van der Waals surface area (Å²) in [5, 5.41) is 3.48. The fraction of sp³-hybridized carbons (Fsp3) is 0.526. The summed E-state index contributed by atoms with van der Waals surface area (Å²) in [5.74, 6) is 0.398. The second-order valence-electron chi connectivity index (χ2n) is 7.54. The smallest absolute Gasteiger partial charge is 0.261 e. The summed E-state index contributed by atoms with van der Waals surface area (Å²) in [6, 6.07) is 6.33. The zero-order chi connectivity index (χ0) is 18.3. The third-order valence-corrected chi connectivity index (χ3v) is 5.53. The Hall–Kier alpha value is -2.25. The number of hydrazine groups is 1. The molecule has 1 saturated carbocycles. The van der Waals surface area contributed by atoms with Crippen LogP contribution in [0.2, 0.25) is 0 Å². The summed E-state index contributed by atoms with van der Waals surface area (Å²) >= 11 is 0. The maximum absolute atomic E-state index is 12.6. The molecular weight excluding hydrogens is 330 g/mol. The van der Waals surface area contributed by atoms with Crippen LogP contribution in [0.3, 0.4) is 0 Å². The molecule has 1 saturated heterocycles. The monoisotopic (exact) mass is 355 g/mol. The number of nitrogens with one attached hydrogen (secondary N) is 3. The highest BCUT2D eigenvalue weighted by Gasteiger charge is 2.29. The van der Waals surface area contributed by atoms with Gasteiger partial charge in [-0.2, -0.15) is 0 Å². The maximum Gasteiger partial charge on any atom is 0.261 e. The van der Waals surface area contributed by atoms with Gasteiger partial charge in [0.25, 0.3) is 5.56 Å². The lowest BCUT2D eigenvalue weighted by molar-refractivity contribution is -0.116. The highest BCUT2D eigenvalue weighted by Crippen LogP contribution is 2.33. The number of fused-ring (bicyclic) bond motifs is 1. The molecule has 2 heterocycles. The van der Waals surface area contributed by atoms with Gasteiger partial charge in [0.1, 0.15) is 0 Å². The molecule has 2 aromatic rings. The molecule has 1 aliphatic heterocycles. The number of nitrogens with zero attached hydrogens (tertiary/aromatic N) is 2. The van der Waals surface area contributed by atoms with Crippen molar-refractivity contribution in [2.45, 2.75) is 57.7 Å². The van der Waals surface area contributed by atoms with Crippen molar-refractivity contribution in [3.05, 3.63) is 34.9 Å². The van der Waals surface area contributed by atoms with E-state index in [9.17, 15) is 9.59 Å². The molecule has 2 atom stereocenters. The highest BCUT2D eigenvalue weighted by atomic mass is 16.1. The number of benzene rings is 1. The van der Waals surface area contributed by atoms with Gasteiger partial charge in [-0.3, -0.25) is 25.0 Å². The molecule has 3 N–H and O–H groups in total. The van der Waals surface area contributed by atoms with Gasteiger partial charge in [-0.15, -0.1) is 0 Å². The van der Waals surface area contributed by atoms with Crippen LogP contribution in [0.15, 0.2) is 29.3 Å². The first-order valence-electron chi connectivity index (χ1n) is 9.35. The largest absolute Gasteiger partial charge is 0.326 e. The first-order valence-corrected chi connectivity index (χ1v) is 9.35. The molecule has 138 valence electrons. The predicted octanol–water partition coefficient (Wildman–Crippen LogP) is 1.95. The van der Waals surface area contributed by atoms with Crippen molar-refractivity contribution in [2.24, 2.45) is 5.92 Å². The van der Waals surface area contributed by atoms with Crippen LogP contribution in [-0.2, 0) is 4.79 Å². The van der Waals surface area contributed by atoms with E-state index >= 15 is 0 Å². The summed E-state index contributed by atoms with van der Waals surface area (Å²) in [6.45, 7) is 4.25. The lowest BCUT2D eigenvalue weighted by Gasteiger charge is -2.17. The van der Waals surface area contributed by atoms with Crippen molar-refractivity contribution in [3.8, 4) is 0 Å². The summed E-state index contributed by atoms with van der Waals surface area (Å²) in [6.07, 6.45) is 4.97. The summed E-state index contributed by atoms with van der Waals surface area (Å²) in [5.41, 5.74) is 7.71. The molecule has 7 heteroatoms.